The van der Waals surface area contributed by atoms with Gasteiger partial charge in [-0.1, -0.05) is 6.07 Å². The molecule has 0 radical (unpaired) electrons. The summed E-state index contributed by atoms with van der Waals surface area (Å²) < 4.78 is 0. The Hall–Kier alpha value is -1.95. The number of non-ortho nitro benzene ring substituents is 1. The number of hydrogen-bond acceptors (Lipinski definition) is 4. The summed E-state index contributed by atoms with van der Waals surface area (Å²) in [5, 5.41) is 10.9. The Morgan fingerprint density at radius 3 is 2.52 bits per heavy atom. The SMILES string of the molecule is Cc1ccc([N+](=O)[O-])cc1C(=O)N(C)C1CCC(N)CC1. The average molecular weight is 291 g/mol. The summed E-state index contributed by atoms with van der Waals surface area (Å²) in [6.45, 7) is 1.79. The second-order valence-electron chi connectivity index (χ2n) is 5.74. The number of nitrogens with two attached hydrogens (primary N) is 1. The first-order valence-electron chi connectivity index (χ1n) is 7.18. The standard InChI is InChI=1S/C15H21N3O3/c1-10-3-6-13(18(20)21)9-14(10)15(19)17(2)12-7-4-11(16)5-8-12/h3,6,9,11-12H,4-5,7-8,16H2,1-2H3. The molecule has 1 fully saturated rings. The lowest BCUT2D eigenvalue weighted by molar-refractivity contribution is -0.384. The van der Waals surface area contributed by atoms with Crippen LogP contribution in [0.1, 0.15) is 41.6 Å². The van der Waals surface area contributed by atoms with Crippen LogP contribution in [0.4, 0.5) is 5.69 Å². The number of benzene rings is 1. The van der Waals surface area contributed by atoms with Crippen molar-refractivity contribution >= 4 is 11.6 Å². The number of hydrogen-bond donors (Lipinski definition) is 1. The van der Waals surface area contributed by atoms with E-state index in [1.54, 1.807) is 24.9 Å². The Morgan fingerprint density at radius 1 is 1.33 bits per heavy atom. The minimum Gasteiger partial charge on any atom is -0.339 e. The van der Waals surface area contributed by atoms with Crippen molar-refractivity contribution in [3.63, 3.8) is 0 Å². The summed E-state index contributed by atoms with van der Waals surface area (Å²) in [4.78, 5) is 24.7. The van der Waals surface area contributed by atoms with Gasteiger partial charge in [0, 0.05) is 36.8 Å². The molecule has 1 aliphatic carbocycles. The monoisotopic (exact) mass is 291 g/mol. The van der Waals surface area contributed by atoms with Crippen LogP contribution in [0, 0.1) is 17.0 Å². The van der Waals surface area contributed by atoms with Crippen molar-refractivity contribution in [2.45, 2.75) is 44.7 Å². The lowest BCUT2D eigenvalue weighted by Gasteiger charge is -2.33. The zero-order valence-corrected chi connectivity index (χ0v) is 12.4. The number of nitrogens with zero attached hydrogens (tertiary/aromatic N) is 2. The zero-order valence-electron chi connectivity index (χ0n) is 12.4. The molecule has 1 amide bonds. The molecular weight excluding hydrogens is 270 g/mol. The molecule has 0 heterocycles. The fourth-order valence-electron chi connectivity index (χ4n) is 2.80. The second kappa shape index (κ2) is 6.22. The lowest BCUT2D eigenvalue weighted by atomic mass is 9.90. The van der Waals surface area contributed by atoms with Crippen LogP contribution in [-0.4, -0.2) is 34.9 Å². The number of amides is 1. The molecule has 1 aromatic rings. The molecular formula is C15H21N3O3. The Bertz CT molecular complexity index is 551. The van der Waals surface area contributed by atoms with Gasteiger partial charge in [-0.25, -0.2) is 0 Å². The van der Waals surface area contributed by atoms with Crippen molar-refractivity contribution in [2.24, 2.45) is 5.73 Å². The first-order chi connectivity index (χ1) is 9.90. The van der Waals surface area contributed by atoms with E-state index in [2.05, 4.69) is 0 Å². The van der Waals surface area contributed by atoms with E-state index >= 15 is 0 Å². The Morgan fingerprint density at radius 2 is 1.95 bits per heavy atom. The highest BCUT2D eigenvalue weighted by Crippen LogP contribution is 2.24. The molecule has 0 spiro atoms. The minimum atomic E-state index is -0.476. The number of rotatable bonds is 3. The van der Waals surface area contributed by atoms with Crippen molar-refractivity contribution in [2.75, 3.05) is 7.05 Å². The Balaban J connectivity index is 2.19. The van der Waals surface area contributed by atoms with Crippen LogP contribution < -0.4 is 5.73 Å². The Labute approximate surface area is 124 Å². The van der Waals surface area contributed by atoms with Gasteiger partial charge in [0.25, 0.3) is 11.6 Å². The summed E-state index contributed by atoms with van der Waals surface area (Å²) in [5.41, 5.74) is 6.99. The molecule has 1 aromatic carbocycles. The predicted octanol–water partition coefficient (Wildman–Crippen LogP) is 2.25. The highest BCUT2D eigenvalue weighted by atomic mass is 16.6. The number of nitro groups is 1. The molecule has 0 bridgehead atoms. The summed E-state index contributed by atoms with van der Waals surface area (Å²) >= 11 is 0. The molecule has 0 atom stereocenters. The minimum absolute atomic E-state index is 0.0528. The van der Waals surface area contributed by atoms with Gasteiger partial charge < -0.3 is 10.6 Å². The molecule has 0 aromatic heterocycles. The quantitative estimate of drug-likeness (QED) is 0.683. The first-order valence-corrected chi connectivity index (χ1v) is 7.18. The highest BCUT2D eigenvalue weighted by molar-refractivity contribution is 5.96. The third kappa shape index (κ3) is 3.39. The molecule has 2 rings (SSSR count). The van der Waals surface area contributed by atoms with E-state index in [0.717, 1.165) is 31.2 Å². The average Bonchev–Trinajstić information content (AvgIpc) is 2.47. The van der Waals surface area contributed by atoms with Gasteiger partial charge >= 0.3 is 0 Å². The van der Waals surface area contributed by atoms with Gasteiger partial charge in [-0.05, 0) is 38.2 Å². The van der Waals surface area contributed by atoms with Crippen LogP contribution in [0.5, 0.6) is 0 Å². The van der Waals surface area contributed by atoms with E-state index in [0.29, 0.717) is 5.56 Å². The van der Waals surface area contributed by atoms with Crippen LogP contribution >= 0.6 is 0 Å². The first kappa shape index (κ1) is 15.4. The van der Waals surface area contributed by atoms with Crippen molar-refractivity contribution in [3.8, 4) is 0 Å². The third-order valence-electron chi connectivity index (χ3n) is 4.27. The number of carbonyl (C=O) groups excluding carboxylic acids is 1. The molecule has 6 nitrogen and oxygen atoms in total. The summed E-state index contributed by atoms with van der Waals surface area (Å²) in [5.74, 6) is -0.156. The summed E-state index contributed by atoms with van der Waals surface area (Å²) in [6, 6.07) is 4.80. The zero-order chi connectivity index (χ0) is 15.6. The van der Waals surface area contributed by atoms with Gasteiger partial charge in [-0.3, -0.25) is 14.9 Å². The van der Waals surface area contributed by atoms with Crippen LogP contribution in [-0.2, 0) is 0 Å². The van der Waals surface area contributed by atoms with Crippen molar-refractivity contribution in [1.29, 1.82) is 0 Å². The molecule has 1 saturated carbocycles. The van der Waals surface area contributed by atoms with Gasteiger partial charge in [0.2, 0.25) is 0 Å². The maximum atomic E-state index is 12.6. The van der Waals surface area contributed by atoms with E-state index in [9.17, 15) is 14.9 Å². The predicted molar refractivity (Wildman–Crippen MR) is 80.2 cm³/mol. The number of carbonyl (C=O) groups is 1. The molecule has 0 unspecified atom stereocenters. The Kier molecular flexibility index (Phi) is 4.57. The maximum Gasteiger partial charge on any atom is 0.270 e. The fourth-order valence-corrected chi connectivity index (χ4v) is 2.80. The van der Waals surface area contributed by atoms with E-state index < -0.39 is 4.92 Å². The van der Waals surface area contributed by atoms with Crippen molar-refractivity contribution in [1.82, 2.24) is 4.90 Å². The van der Waals surface area contributed by atoms with Gasteiger partial charge in [0.15, 0.2) is 0 Å². The van der Waals surface area contributed by atoms with E-state index in [1.165, 1.54) is 12.1 Å². The van der Waals surface area contributed by atoms with E-state index in [4.69, 9.17) is 5.73 Å². The van der Waals surface area contributed by atoms with Crippen molar-refractivity contribution < 1.29 is 9.72 Å². The van der Waals surface area contributed by atoms with Gasteiger partial charge in [-0.15, -0.1) is 0 Å². The summed E-state index contributed by atoms with van der Waals surface area (Å²) in [7, 11) is 1.77. The summed E-state index contributed by atoms with van der Waals surface area (Å²) in [6.07, 6.45) is 3.60. The molecule has 6 heteroatoms. The van der Waals surface area contributed by atoms with E-state index in [-0.39, 0.29) is 23.7 Å². The molecule has 0 saturated heterocycles. The molecule has 1 aliphatic rings. The third-order valence-corrected chi connectivity index (χ3v) is 4.27. The molecule has 2 N–H and O–H groups in total. The van der Waals surface area contributed by atoms with Crippen LogP contribution in [0.15, 0.2) is 18.2 Å². The lowest BCUT2D eigenvalue weighted by Crippen LogP contribution is -2.42. The van der Waals surface area contributed by atoms with Crippen LogP contribution in [0.2, 0.25) is 0 Å². The number of aryl methyl sites for hydroxylation is 1. The van der Waals surface area contributed by atoms with Gasteiger partial charge in [0.1, 0.15) is 0 Å². The topological polar surface area (TPSA) is 89.5 Å². The largest absolute Gasteiger partial charge is 0.339 e. The smallest absolute Gasteiger partial charge is 0.270 e. The van der Waals surface area contributed by atoms with Gasteiger partial charge in [0.05, 0.1) is 4.92 Å². The number of nitro benzene ring substituents is 1. The van der Waals surface area contributed by atoms with Gasteiger partial charge in [-0.2, -0.15) is 0 Å². The fraction of sp³-hybridized carbons (Fsp3) is 0.533. The normalized spacial score (nSPS) is 21.9. The van der Waals surface area contributed by atoms with Crippen LogP contribution in [0.25, 0.3) is 0 Å². The highest BCUT2D eigenvalue weighted by Gasteiger charge is 2.27. The maximum absolute atomic E-state index is 12.6. The van der Waals surface area contributed by atoms with Crippen molar-refractivity contribution in [3.05, 3.63) is 39.4 Å². The molecule has 0 aliphatic heterocycles. The molecule has 21 heavy (non-hydrogen) atoms. The molecule has 114 valence electrons. The van der Waals surface area contributed by atoms with Crippen LogP contribution in [0.3, 0.4) is 0 Å². The second-order valence-corrected chi connectivity index (χ2v) is 5.74. The van der Waals surface area contributed by atoms with E-state index in [1.807, 2.05) is 0 Å².